The van der Waals surface area contributed by atoms with Crippen LogP contribution in [0.2, 0.25) is 0 Å². The molecule has 6 heteroatoms. The van der Waals surface area contributed by atoms with Crippen molar-refractivity contribution in [2.75, 3.05) is 44.2 Å². The van der Waals surface area contributed by atoms with Crippen molar-refractivity contribution >= 4 is 34.4 Å². The normalized spacial score (nSPS) is 17.6. The molecular weight excluding hydrogens is 309 g/mol. The third-order valence-electron chi connectivity index (χ3n) is 2.49. The summed E-state index contributed by atoms with van der Waals surface area (Å²) in [5.41, 5.74) is 0. The Bertz CT molecular complexity index is 240. The maximum absolute atomic E-state index is 11.4. The molecule has 0 spiro atoms. The Morgan fingerprint density at radius 3 is 2.33 bits per heavy atom. The van der Waals surface area contributed by atoms with Gasteiger partial charge in [-0.1, -0.05) is 22.6 Å². The lowest BCUT2D eigenvalue weighted by atomic mass is 10.3. The van der Waals surface area contributed by atoms with Gasteiger partial charge in [-0.25, -0.2) is 0 Å². The smallest absolute Gasteiger partial charge is 0.233 e. The Labute approximate surface area is 103 Å². The van der Waals surface area contributed by atoms with Crippen LogP contribution in [0.15, 0.2) is 0 Å². The van der Waals surface area contributed by atoms with Gasteiger partial charge in [0.2, 0.25) is 11.8 Å². The standard InChI is InChI=1S/C9H16IN3O2/c1-11-8(14)7-12-2-4-13(5-3-12)9(15)6-10/h2-7H2,1H3,(H,11,14). The van der Waals surface area contributed by atoms with Crippen LogP contribution in [0.25, 0.3) is 0 Å². The van der Waals surface area contributed by atoms with Crippen molar-refractivity contribution in [2.45, 2.75) is 0 Å². The average Bonchev–Trinajstić information content (AvgIpc) is 2.29. The first-order valence-corrected chi connectivity index (χ1v) is 6.46. The van der Waals surface area contributed by atoms with Crippen LogP contribution in [-0.4, -0.2) is 65.8 Å². The molecule has 5 nitrogen and oxygen atoms in total. The molecule has 1 N–H and O–H groups in total. The number of alkyl halides is 1. The highest BCUT2D eigenvalue weighted by atomic mass is 127. The zero-order valence-corrected chi connectivity index (χ0v) is 11.0. The van der Waals surface area contributed by atoms with Crippen molar-refractivity contribution in [3.8, 4) is 0 Å². The number of halogens is 1. The molecule has 0 saturated carbocycles. The fourth-order valence-electron chi connectivity index (χ4n) is 1.52. The van der Waals surface area contributed by atoms with E-state index in [1.807, 2.05) is 4.90 Å². The summed E-state index contributed by atoms with van der Waals surface area (Å²) in [6, 6.07) is 0. The van der Waals surface area contributed by atoms with E-state index in [0.29, 0.717) is 11.0 Å². The van der Waals surface area contributed by atoms with Gasteiger partial charge >= 0.3 is 0 Å². The van der Waals surface area contributed by atoms with Crippen molar-refractivity contribution in [1.82, 2.24) is 15.1 Å². The van der Waals surface area contributed by atoms with E-state index in [2.05, 4.69) is 32.8 Å². The number of nitrogens with one attached hydrogen (secondary N) is 1. The largest absolute Gasteiger partial charge is 0.358 e. The molecule has 0 aromatic carbocycles. The molecule has 0 unspecified atom stereocenters. The van der Waals surface area contributed by atoms with E-state index in [1.54, 1.807) is 7.05 Å². The Balaban J connectivity index is 2.29. The van der Waals surface area contributed by atoms with Crippen molar-refractivity contribution in [3.05, 3.63) is 0 Å². The van der Waals surface area contributed by atoms with Gasteiger partial charge in [0.25, 0.3) is 0 Å². The lowest BCUT2D eigenvalue weighted by Crippen LogP contribution is -2.51. The first-order valence-electron chi connectivity index (χ1n) is 4.94. The molecule has 1 aliphatic rings. The second-order valence-corrected chi connectivity index (χ2v) is 4.23. The van der Waals surface area contributed by atoms with E-state index >= 15 is 0 Å². The number of likely N-dealkylation sites (N-methyl/N-ethyl adjacent to an activating group) is 1. The van der Waals surface area contributed by atoms with E-state index in [-0.39, 0.29) is 11.8 Å². The van der Waals surface area contributed by atoms with Gasteiger partial charge in [-0.15, -0.1) is 0 Å². The first kappa shape index (κ1) is 12.7. The molecule has 0 radical (unpaired) electrons. The molecule has 1 heterocycles. The maximum Gasteiger partial charge on any atom is 0.233 e. The highest BCUT2D eigenvalue weighted by molar-refractivity contribution is 14.1. The molecule has 0 atom stereocenters. The van der Waals surface area contributed by atoms with Gasteiger partial charge in [0.1, 0.15) is 0 Å². The van der Waals surface area contributed by atoms with E-state index < -0.39 is 0 Å². The number of hydrogen-bond donors (Lipinski definition) is 1. The summed E-state index contributed by atoms with van der Waals surface area (Å²) < 4.78 is 0.535. The van der Waals surface area contributed by atoms with E-state index in [9.17, 15) is 9.59 Å². The number of carbonyl (C=O) groups is 2. The lowest BCUT2D eigenvalue weighted by molar-refractivity contribution is -0.130. The molecule has 15 heavy (non-hydrogen) atoms. The van der Waals surface area contributed by atoms with Gasteiger partial charge in [-0.05, 0) is 0 Å². The molecule has 0 bridgehead atoms. The topological polar surface area (TPSA) is 52.7 Å². The second-order valence-electron chi connectivity index (χ2n) is 3.46. The Morgan fingerprint density at radius 1 is 1.27 bits per heavy atom. The van der Waals surface area contributed by atoms with Gasteiger partial charge < -0.3 is 10.2 Å². The molecule has 0 aliphatic carbocycles. The highest BCUT2D eigenvalue weighted by Crippen LogP contribution is 2.03. The first-order chi connectivity index (χ1) is 7.17. The predicted octanol–water partition coefficient (Wildman–Crippen LogP) is -0.688. The van der Waals surface area contributed by atoms with Gasteiger partial charge in [-0.2, -0.15) is 0 Å². The zero-order chi connectivity index (χ0) is 11.3. The number of piperazine rings is 1. The van der Waals surface area contributed by atoms with Crippen molar-refractivity contribution in [1.29, 1.82) is 0 Å². The van der Waals surface area contributed by atoms with Crippen molar-refractivity contribution < 1.29 is 9.59 Å². The zero-order valence-electron chi connectivity index (χ0n) is 8.83. The Kier molecular flexibility index (Phi) is 5.30. The molecule has 1 aliphatic heterocycles. The van der Waals surface area contributed by atoms with Crippen LogP contribution in [0.3, 0.4) is 0 Å². The van der Waals surface area contributed by atoms with Gasteiger partial charge in [-0.3, -0.25) is 14.5 Å². The molecular formula is C9H16IN3O2. The molecule has 86 valence electrons. The van der Waals surface area contributed by atoms with E-state index in [0.717, 1.165) is 26.2 Å². The summed E-state index contributed by atoms with van der Waals surface area (Å²) in [5, 5.41) is 2.60. The van der Waals surface area contributed by atoms with Gasteiger partial charge in [0, 0.05) is 33.2 Å². The summed E-state index contributed by atoms with van der Waals surface area (Å²) in [4.78, 5) is 26.4. The molecule has 1 saturated heterocycles. The van der Waals surface area contributed by atoms with Crippen molar-refractivity contribution in [3.63, 3.8) is 0 Å². The summed E-state index contributed by atoms with van der Waals surface area (Å²) in [5.74, 6) is 0.221. The van der Waals surface area contributed by atoms with Crippen LogP contribution in [0.1, 0.15) is 0 Å². The van der Waals surface area contributed by atoms with Crippen LogP contribution in [0.4, 0.5) is 0 Å². The fourth-order valence-corrected chi connectivity index (χ4v) is 2.00. The van der Waals surface area contributed by atoms with Crippen LogP contribution in [0.5, 0.6) is 0 Å². The fraction of sp³-hybridized carbons (Fsp3) is 0.778. The summed E-state index contributed by atoms with van der Waals surface area (Å²) in [6.45, 7) is 3.48. The SMILES string of the molecule is CNC(=O)CN1CCN(C(=O)CI)CC1. The van der Waals surface area contributed by atoms with Crippen LogP contribution < -0.4 is 5.32 Å². The van der Waals surface area contributed by atoms with E-state index in [4.69, 9.17) is 0 Å². The molecule has 1 rings (SSSR count). The number of rotatable bonds is 3. The monoisotopic (exact) mass is 325 g/mol. The van der Waals surface area contributed by atoms with Gasteiger partial charge in [0.15, 0.2) is 0 Å². The van der Waals surface area contributed by atoms with Crippen LogP contribution >= 0.6 is 22.6 Å². The van der Waals surface area contributed by atoms with Gasteiger partial charge in [0.05, 0.1) is 11.0 Å². The lowest BCUT2D eigenvalue weighted by Gasteiger charge is -2.33. The van der Waals surface area contributed by atoms with Crippen LogP contribution in [-0.2, 0) is 9.59 Å². The minimum atomic E-state index is 0.0312. The Morgan fingerprint density at radius 2 is 1.87 bits per heavy atom. The quantitative estimate of drug-likeness (QED) is 0.552. The number of carbonyl (C=O) groups excluding carboxylic acids is 2. The number of amides is 2. The molecule has 0 aromatic heterocycles. The summed E-state index contributed by atoms with van der Waals surface area (Å²) in [6.07, 6.45) is 0. The molecule has 1 fully saturated rings. The van der Waals surface area contributed by atoms with Crippen LogP contribution in [0, 0.1) is 0 Å². The minimum Gasteiger partial charge on any atom is -0.358 e. The summed E-state index contributed by atoms with van der Waals surface area (Å²) >= 11 is 2.08. The average molecular weight is 325 g/mol. The Hall–Kier alpha value is -0.370. The predicted molar refractivity (Wildman–Crippen MR) is 66.0 cm³/mol. The number of hydrogen-bond acceptors (Lipinski definition) is 3. The third kappa shape index (κ3) is 3.94. The number of nitrogens with zero attached hydrogens (tertiary/aromatic N) is 2. The molecule has 0 aromatic rings. The second kappa shape index (κ2) is 6.26. The maximum atomic E-state index is 11.4. The minimum absolute atomic E-state index is 0.0312. The highest BCUT2D eigenvalue weighted by Gasteiger charge is 2.20. The third-order valence-corrected chi connectivity index (χ3v) is 3.14. The van der Waals surface area contributed by atoms with Crippen molar-refractivity contribution in [2.24, 2.45) is 0 Å². The van der Waals surface area contributed by atoms with E-state index in [1.165, 1.54) is 0 Å². The summed E-state index contributed by atoms with van der Waals surface area (Å²) in [7, 11) is 1.64. The molecule has 2 amide bonds.